The fourth-order valence-electron chi connectivity index (χ4n) is 1.89. The van der Waals surface area contributed by atoms with E-state index in [2.05, 4.69) is 22.2 Å². The van der Waals surface area contributed by atoms with Crippen LogP contribution in [0.3, 0.4) is 0 Å². The van der Waals surface area contributed by atoms with E-state index in [0.717, 1.165) is 23.9 Å². The second kappa shape index (κ2) is 5.40. The molecule has 0 spiro atoms. The summed E-state index contributed by atoms with van der Waals surface area (Å²) in [5, 5.41) is 4.14. The Labute approximate surface area is 112 Å². The van der Waals surface area contributed by atoms with Crippen molar-refractivity contribution in [3.05, 3.63) is 24.3 Å². The minimum atomic E-state index is 0.109. The van der Waals surface area contributed by atoms with Crippen molar-refractivity contribution in [2.24, 2.45) is 0 Å². The van der Waals surface area contributed by atoms with E-state index < -0.39 is 0 Å². The van der Waals surface area contributed by atoms with Gasteiger partial charge in [-0.1, -0.05) is 19.1 Å². The SMILES string of the molecule is CCCNc1nc(OC2COC2)c2ccccc2n1. The Morgan fingerprint density at radius 2 is 2.16 bits per heavy atom. The Balaban J connectivity index is 1.95. The van der Waals surface area contributed by atoms with Gasteiger partial charge in [0.05, 0.1) is 24.1 Å². The Kier molecular flexibility index (Phi) is 3.46. The molecule has 0 atom stereocenters. The molecule has 0 aliphatic carbocycles. The predicted molar refractivity (Wildman–Crippen MR) is 73.6 cm³/mol. The number of ether oxygens (including phenoxy) is 2. The highest BCUT2D eigenvalue weighted by atomic mass is 16.6. The lowest BCUT2D eigenvalue weighted by atomic mass is 10.2. The van der Waals surface area contributed by atoms with Crippen LogP contribution < -0.4 is 10.1 Å². The standard InChI is InChI=1S/C14H17N3O2/c1-2-7-15-14-16-12-6-4-3-5-11(12)13(17-14)19-10-8-18-9-10/h3-6,10H,2,7-9H2,1H3,(H,15,16,17). The molecule has 1 N–H and O–H groups in total. The molecule has 2 heterocycles. The molecule has 3 rings (SSSR count). The first kappa shape index (κ1) is 12.2. The van der Waals surface area contributed by atoms with E-state index in [-0.39, 0.29) is 6.10 Å². The first-order chi connectivity index (χ1) is 9.36. The Morgan fingerprint density at radius 1 is 1.32 bits per heavy atom. The van der Waals surface area contributed by atoms with Crippen LogP contribution in [-0.4, -0.2) is 35.8 Å². The number of nitrogens with one attached hydrogen (secondary N) is 1. The van der Waals surface area contributed by atoms with Gasteiger partial charge in [0.2, 0.25) is 11.8 Å². The number of nitrogens with zero attached hydrogens (tertiary/aromatic N) is 2. The maximum atomic E-state index is 5.87. The highest BCUT2D eigenvalue weighted by molar-refractivity contribution is 5.84. The highest BCUT2D eigenvalue weighted by Gasteiger charge is 2.22. The lowest BCUT2D eigenvalue weighted by Gasteiger charge is -2.26. The zero-order valence-corrected chi connectivity index (χ0v) is 10.9. The van der Waals surface area contributed by atoms with Crippen LogP contribution >= 0.6 is 0 Å². The molecule has 19 heavy (non-hydrogen) atoms. The van der Waals surface area contributed by atoms with Crippen LogP contribution in [0.15, 0.2) is 24.3 Å². The highest BCUT2D eigenvalue weighted by Crippen LogP contribution is 2.25. The molecule has 1 saturated heterocycles. The summed E-state index contributed by atoms with van der Waals surface area (Å²) in [5.74, 6) is 1.26. The minimum absolute atomic E-state index is 0.109. The van der Waals surface area contributed by atoms with Crippen LogP contribution in [0.2, 0.25) is 0 Å². The second-order valence-electron chi connectivity index (χ2n) is 4.57. The van der Waals surface area contributed by atoms with Gasteiger partial charge in [-0.05, 0) is 18.6 Å². The molecule has 100 valence electrons. The van der Waals surface area contributed by atoms with Crippen LogP contribution in [0.1, 0.15) is 13.3 Å². The van der Waals surface area contributed by atoms with E-state index >= 15 is 0 Å². The van der Waals surface area contributed by atoms with Gasteiger partial charge < -0.3 is 14.8 Å². The van der Waals surface area contributed by atoms with E-state index in [1.807, 2.05) is 24.3 Å². The number of hydrogen-bond acceptors (Lipinski definition) is 5. The number of aromatic nitrogens is 2. The van der Waals surface area contributed by atoms with Crippen LogP contribution in [0.25, 0.3) is 10.9 Å². The minimum Gasteiger partial charge on any atom is -0.469 e. The lowest BCUT2D eigenvalue weighted by molar-refractivity contribution is -0.0806. The van der Waals surface area contributed by atoms with Crippen molar-refractivity contribution in [2.45, 2.75) is 19.4 Å². The summed E-state index contributed by atoms with van der Waals surface area (Å²) >= 11 is 0. The maximum absolute atomic E-state index is 5.87. The molecule has 0 bridgehead atoms. The monoisotopic (exact) mass is 259 g/mol. The number of fused-ring (bicyclic) bond motifs is 1. The molecule has 2 aromatic rings. The quantitative estimate of drug-likeness (QED) is 0.892. The average Bonchev–Trinajstić information content (AvgIpc) is 2.40. The zero-order valence-electron chi connectivity index (χ0n) is 10.9. The molecular weight excluding hydrogens is 242 g/mol. The Morgan fingerprint density at radius 3 is 2.89 bits per heavy atom. The summed E-state index contributed by atoms with van der Waals surface area (Å²) in [4.78, 5) is 8.95. The molecule has 0 saturated carbocycles. The normalized spacial score (nSPS) is 15.2. The molecule has 1 aliphatic heterocycles. The Bertz CT molecular complexity index is 570. The van der Waals surface area contributed by atoms with Crippen molar-refractivity contribution in [3.63, 3.8) is 0 Å². The largest absolute Gasteiger partial charge is 0.469 e. The number of para-hydroxylation sites is 1. The van der Waals surface area contributed by atoms with Crippen molar-refractivity contribution in [2.75, 3.05) is 25.1 Å². The summed E-state index contributed by atoms with van der Waals surface area (Å²) in [7, 11) is 0. The predicted octanol–water partition coefficient (Wildman–Crippen LogP) is 2.23. The maximum Gasteiger partial charge on any atom is 0.226 e. The van der Waals surface area contributed by atoms with E-state index in [0.29, 0.717) is 25.0 Å². The van der Waals surface area contributed by atoms with Gasteiger partial charge in [0.25, 0.3) is 0 Å². The van der Waals surface area contributed by atoms with Gasteiger partial charge >= 0.3 is 0 Å². The van der Waals surface area contributed by atoms with Gasteiger partial charge in [0.1, 0.15) is 6.10 Å². The molecule has 1 aromatic heterocycles. The third-order valence-electron chi connectivity index (χ3n) is 2.99. The molecule has 1 aliphatic rings. The summed E-state index contributed by atoms with van der Waals surface area (Å²) < 4.78 is 11.0. The van der Waals surface area contributed by atoms with Crippen LogP contribution in [-0.2, 0) is 4.74 Å². The van der Waals surface area contributed by atoms with Crippen molar-refractivity contribution >= 4 is 16.9 Å². The molecule has 5 heteroatoms. The topological polar surface area (TPSA) is 56.3 Å². The van der Waals surface area contributed by atoms with E-state index in [1.54, 1.807) is 0 Å². The van der Waals surface area contributed by atoms with E-state index in [4.69, 9.17) is 9.47 Å². The number of anilines is 1. The number of rotatable bonds is 5. The summed E-state index contributed by atoms with van der Waals surface area (Å²) in [6, 6.07) is 7.89. The van der Waals surface area contributed by atoms with Gasteiger partial charge in [0, 0.05) is 6.54 Å². The summed E-state index contributed by atoms with van der Waals surface area (Å²) in [6.07, 6.45) is 1.14. The van der Waals surface area contributed by atoms with Crippen LogP contribution in [0.5, 0.6) is 5.88 Å². The van der Waals surface area contributed by atoms with Crippen molar-refractivity contribution in [1.82, 2.24) is 9.97 Å². The third-order valence-corrected chi connectivity index (χ3v) is 2.99. The van der Waals surface area contributed by atoms with Gasteiger partial charge in [0.15, 0.2) is 0 Å². The first-order valence-corrected chi connectivity index (χ1v) is 6.62. The Hall–Kier alpha value is -1.88. The summed E-state index contributed by atoms with van der Waals surface area (Å²) in [5.41, 5.74) is 0.895. The zero-order chi connectivity index (χ0) is 13.1. The molecule has 1 aromatic carbocycles. The van der Waals surface area contributed by atoms with Crippen molar-refractivity contribution in [1.29, 1.82) is 0 Å². The summed E-state index contributed by atoms with van der Waals surface area (Å²) in [6.45, 7) is 4.23. The lowest BCUT2D eigenvalue weighted by Crippen LogP contribution is -2.38. The smallest absolute Gasteiger partial charge is 0.226 e. The second-order valence-corrected chi connectivity index (χ2v) is 4.57. The van der Waals surface area contributed by atoms with Crippen LogP contribution in [0, 0.1) is 0 Å². The van der Waals surface area contributed by atoms with Crippen LogP contribution in [0.4, 0.5) is 5.95 Å². The molecule has 0 radical (unpaired) electrons. The molecule has 1 fully saturated rings. The molecule has 5 nitrogen and oxygen atoms in total. The average molecular weight is 259 g/mol. The fraction of sp³-hybridized carbons (Fsp3) is 0.429. The van der Waals surface area contributed by atoms with E-state index in [1.165, 1.54) is 0 Å². The molecule has 0 amide bonds. The third kappa shape index (κ3) is 2.61. The first-order valence-electron chi connectivity index (χ1n) is 6.62. The molecule has 0 unspecified atom stereocenters. The van der Waals surface area contributed by atoms with Gasteiger partial charge in [-0.3, -0.25) is 0 Å². The van der Waals surface area contributed by atoms with Crippen molar-refractivity contribution < 1.29 is 9.47 Å². The number of benzene rings is 1. The fourth-order valence-corrected chi connectivity index (χ4v) is 1.89. The van der Waals surface area contributed by atoms with E-state index in [9.17, 15) is 0 Å². The number of hydrogen-bond donors (Lipinski definition) is 1. The van der Waals surface area contributed by atoms with Crippen molar-refractivity contribution in [3.8, 4) is 5.88 Å². The molecular formula is C14H17N3O2. The van der Waals surface area contributed by atoms with Gasteiger partial charge in [-0.2, -0.15) is 4.98 Å². The van der Waals surface area contributed by atoms with Gasteiger partial charge in [-0.15, -0.1) is 0 Å². The van der Waals surface area contributed by atoms with Gasteiger partial charge in [-0.25, -0.2) is 4.98 Å².